The molecule has 22 heavy (non-hydrogen) atoms. The van der Waals surface area contributed by atoms with Crippen molar-refractivity contribution in [3.63, 3.8) is 0 Å². The number of para-hydroxylation sites is 1. The zero-order valence-electron chi connectivity index (χ0n) is 12.5. The molecule has 2 aromatic rings. The highest BCUT2D eigenvalue weighted by atomic mass is 16.5. The topological polar surface area (TPSA) is 60.5 Å². The summed E-state index contributed by atoms with van der Waals surface area (Å²) in [5.74, 6) is 6.21. The van der Waals surface area contributed by atoms with Crippen LogP contribution in [0.15, 0.2) is 36.5 Å². The molecule has 0 atom stereocenters. The molecule has 5 heteroatoms. The lowest BCUT2D eigenvalue weighted by Crippen LogP contribution is -2.27. The van der Waals surface area contributed by atoms with Gasteiger partial charge in [-0.25, -0.2) is 0 Å². The second-order valence-corrected chi connectivity index (χ2v) is 4.39. The maximum Gasteiger partial charge on any atom is 0.246 e. The summed E-state index contributed by atoms with van der Waals surface area (Å²) in [7, 11) is 0. The molecule has 0 spiro atoms. The lowest BCUT2D eigenvalue weighted by Gasteiger charge is -2.05. The van der Waals surface area contributed by atoms with Gasteiger partial charge in [0.1, 0.15) is 24.5 Å². The predicted octanol–water partition coefficient (Wildman–Crippen LogP) is 1.77. The summed E-state index contributed by atoms with van der Waals surface area (Å²) in [4.78, 5) is 15.6. The molecule has 0 fully saturated rings. The van der Waals surface area contributed by atoms with Gasteiger partial charge >= 0.3 is 0 Å². The van der Waals surface area contributed by atoms with Gasteiger partial charge in [0.15, 0.2) is 0 Å². The van der Waals surface area contributed by atoms with Crippen molar-refractivity contribution in [1.29, 1.82) is 0 Å². The van der Waals surface area contributed by atoms with Crippen LogP contribution in [0.25, 0.3) is 10.9 Å². The Balaban J connectivity index is 1.79. The first-order valence-corrected chi connectivity index (χ1v) is 7.08. The molecule has 114 valence electrons. The third-order valence-corrected chi connectivity index (χ3v) is 2.83. The number of amides is 1. The monoisotopic (exact) mass is 298 g/mol. The summed E-state index contributed by atoms with van der Waals surface area (Å²) in [6.07, 6.45) is 1.73. The molecule has 0 radical (unpaired) electrons. The molecule has 2 rings (SSSR count). The zero-order chi connectivity index (χ0) is 15.6. The third kappa shape index (κ3) is 4.76. The standard InChI is InChI=1S/C17H18N2O3/c1-2-21-13-16(20)18-10-3-4-12-22-15-9-5-7-14-8-6-11-19-17(14)15/h5-9,11H,2,10,12-13H2,1H3,(H,18,20). The van der Waals surface area contributed by atoms with Crippen LogP contribution < -0.4 is 10.1 Å². The minimum Gasteiger partial charge on any atom is -0.479 e. The van der Waals surface area contributed by atoms with Gasteiger partial charge in [-0.3, -0.25) is 9.78 Å². The predicted molar refractivity (Wildman–Crippen MR) is 84.5 cm³/mol. The van der Waals surface area contributed by atoms with Gasteiger partial charge in [0.25, 0.3) is 0 Å². The Bertz CT molecular complexity index is 684. The van der Waals surface area contributed by atoms with E-state index in [1.165, 1.54) is 0 Å². The van der Waals surface area contributed by atoms with E-state index in [0.717, 1.165) is 10.9 Å². The number of hydrogen-bond donors (Lipinski definition) is 1. The number of carbonyl (C=O) groups is 1. The van der Waals surface area contributed by atoms with Crippen molar-refractivity contribution < 1.29 is 14.3 Å². The fourth-order valence-corrected chi connectivity index (χ4v) is 1.81. The average molecular weight is 298 g/mol. The van der Waals surface area contributed by atoms with Crippen molar-refractivity contribution >= 4 is 16.8 Å². The first kappa shape index (κ1) is 15.8. The fraction of sp³-hybridized carbons (Fsp3) is 0.294. The molecule has 1 amide bonds. The highest BCUT2D eigenvalue weighted by Gasteiger charge is 2.01. The minimum atomic E-state index is -0.171. The van der Waals surface area contributed by atoms with Crippen molar-refractivity contribution in [3.8, 4) is 17.6 Å². The third-order valence-electron chi connectivity index (χ3n) is 2.83. The summed E-state index contributed by atoms with van der Waals surface area (Å²) < 4.78 is 10.6. The molecule has 0 unspecified atom stereocenters. The van der Waals surface area contributed by atoms with Crippen LogP contribution in [0.2, 0.25) is 0 Å². The van der Waals surface area contributed by atoms with Gasteiger partial charge in [0, 0.05) is 18.2 Å². The molecular weight excluding hydrogens is 280 g/mol. The number of hydrogen-bond acceptors (Lipinski definition) is 4. The van der Waals surface area contributed by atoms with E-state index in [0.29, 0.717) is 12.4 Å². The number of fused-ring (bicyclic) bond motifs is 1. The van der Waals surface area contributed by atoms with Crippen LogP contribution in [0, 0.1) is 11.8 Å². The van der Waals surface area contributed by atoms with E-state index in [2.05, 4.69) is 22.1 Å². The Morgan fingerprint density at radius 2 is 2.14 bits per heavy atom. The van der Waals surface area contributed by atoms with E-state index >= 15 is 0 Å². The Hall–Kier alpha value is -2.58. The number of nitrogens with one attached hydrogen (secondary N) is 1. The van der Waals surface area contributed by atoms with Crippen molar-refractivity contribution in [1.82, 2.24) is 10.3 Å². The molecule has 1 heterocycles. The van der Waals surface area contributed by atoms with Gasteiger partial charge in [0.05, 0.1) is 6.54 Å². The van der Waals surface area contributed by atoms with Gasteiger partial charge in [0.2, 0.25) is 5.91 Å². The largest absolute Gasteiger partial charge is 0.479 e. The molecule has 5 nitrogen and oxygen atoms in total. The smallest absolute Gasteiger partial charge is 0.246 e. The van der Waals surface area contributed by atoms with Crippen LogP contribution in [0.4, 0.5) is 0 Å². The van der Waals surface area contributed by atoms with E-state index in [1.54, 1.807) is 6.20 Å². The fourth-order valence-electron chi connectivity index (χ4n) is 1.81. The number of benzene rings is 1. The molecule has 1 aromatic heterocycles. The minimum absolute atomic E-state index is 0.0658. The van der Waals surface area contributed by atoms with E-state index in [-0.39, 0.29) is 25.7 Å². The van der Waals surface area contributed by atoms with Crippen molar-refractivity contribution in [2.75, 3.05) is 26.4 Å². The Labute approximate surface area is 129 Å². The zero-order valence-corrected chi connectivity index (χ0v) is 12.5. The molecule has 0 aliphatic heterocycles. The van der Waals surface area contributed by atoms with E-state index < -0.39 is 0 Å². The number of carbonyl (C=O) groups excluding carboxylic acids is 1. The van der Waals surface area contributed by atoms with Gasteiger partial charge in [-0.15, -0.1) is 0 Å². The average Bonchev–Trinajstić information content (AvgIpc) is 2.56. The lowest BCUT2D eigenvalue weighted by atomic mass is 10.2. The summed E-state index contributed by atoms with van der Waals surface area (Å²) in [5.41, 5.74) is 0.816. The molecule has 0 aliphatic rings. The molecular formula is C17H18N2O3. The Morgan fingerprint density at radius 3 is 3.00 bits per heavy atom. The highest BCUT2D eigenvalue weighted by molar-refractivity contribution is 5.84. The van der Waals surface area contributed by atoms with Crippen LogP contribution in [0.3, 0.4) is 0 Å². The van der Waals surface area contributed by atoms with Crippen LogP contribution in [0.1, 0.15) is 6.92 Å². The van der Waals surface area contributed by atoms with E-state index in [4.69, 9.17) is 9.47 Å². The summed E-state index contributed by atoms with van der Waals surface area (Å²) in [6.45, 7) is 2.95. The number of ether oxygens (including phenoxy) is 2. The van der Waals surface area contributed by atoms with E-state index in [9.17, 15) is 4.79 Å². The van der Waals surface area contributed by atoms with Gasteiger partial charge in [-0.1, -0.05) is 30.0 Å². The number of pyridine rings is 1. The Morgan fingerprint density at radius 1 is 1.27 bits per heavy atom. The van der Waals surface area contributed by atoms with Gasteiger partial charge in [-0.2, -0.15) is 0 Å². The number of nitrogens with zero attached hydrogens (tertiary/aromatic N) is 1. The van der Waals surface area contributed by atoms with Crippen molar-refractivity contribution in [2.24, 2.45) is 0 Å². The number of aromatic nitrogens is 1. The first-order valence-electron chi connectivity index (χ1n) is 7.08. The SMILES string of the molecule is CCOCC(=O)NCC#CCOc1cccc2cccnc12. The normalized spacial score (nSPS) is 9.86. The second-order valence-electron chi connectivity index (χ2n) is 4.39. The maximum atomic E-state index is 11.3. The summed E-state index contributed by atoms with van der Waals surface area (Å²) >= 11 is 0. The van der Waals surface area contributed by atoms with Gasteiger partial charge < -0.3 is 14.8 Å². The summed E-state index contributed by atoms with van der Waals surface area (Å²) in [6, 6.07) is 9.63. The molecule has 0 saturated heterocycles. The summed E-state index contributed by atoms with van der Waals surface area (Å²) in [5, 5.41) is 3.66. The second kappa shape index (κ2) is 8.65. The number of rotatable bonds is 6. The van der Waals surface area contributed by atoms with Crippen molar-refractivity contribution in [2.45, 2.75) is 6.92 Å². The van der Waals surface area contributed by atoms with Crippen molar-refractivity contribution in [3.05, 3.63) is 36.5 Å². The highest BCUT2D eigenvalue weighted by Crippen LogP contribution is 2.22. The van der Waals surface area contributed by atoms with Crippen LogP contribution in [-0.4, -0.2) is 37.3 Å². The lowest BCUT2D eigenvalue weighted by molar-refractivity contribution is -0.125. The molecule has 0 aliphatic carbocycles. The van der Waals surface area contributed by atoms with Crippen LogP contribution in [-0.2, 0) is 9.53 Å². The Kier molecular flexibility index (Phi) is 6.21. The van der Waals surface area contributed by atoms with E-state index in [1.807, 2.05) is 37.3 Å². The maximum absolute atomic E-state index is 11.3. The quantitative estimate of drug-likeness (QED) is 0.826. The molecule has 0 saturated carbocycles. The van der Waals surface area contributed by atoms with Gasteiger partial charge in [-0.05, 0) is 19.1 Å². The van der Waals surface area contributed by atoms with Crippen LogP contribution >= 0.6 is 0 Å². The molecule has 0 bridgehead atoms. The molecule has 1 N–H and O–H groups in total. The van der Waals surface area contributed by atoms with Crippen LogP contribution in [0.5, 0.6) is 5.75 Å². The molecule has 1 aromatic carbocycles. The first-order chi connectivity index (χ1) is 10.8.